The number of hydrogen-bond acceptors (Lipinski definition) is 1. The zero-order chi connectivity index (χ0) is 16.8. The molecule has 0 fully saturated rings. The fourth-order valence-corrected chi connectivity index (χ4v) is 2.19. The third-order valence-electron chi connectivity index (χ3n) is 2.58. The van der Waals surface area contributed by atoms with Gasteiger partial charge in [-0.15, -0.1) is 0 Å². The van der Waals surface area contributed by atoms with E-state index in [2.05, 4.69) is 0 Å². The highest BCUT2D eigenvalue weighted by molar-refractivity contribution is 9.10. The molecule has 2 N–H and O–H groups in total. The van der Waals surface area contributed by atoms with Gasteiger partial charge in [-0.2, -0.15) is 22.0 Å². The molecule has 21 heavy (non-hydrogen) atoms. The van der Waals surface area contributed by atoms with Crippen molar-refractivity contribution in [2.75, 3.05) is 5.73 Å². The molecule has 0 aliphatic rings. The van der Waals surface area contributed by atoms with Crippen LogP contribution in [0.2, 0.25) is 5.02 Å². The summed E-state index contributed by atoms with van der Waals surface area (Å²) in [7, 11) is 0. The maximum Gasteiger partial charge on any atom is 0.433 e. The Morgan fingerprint density at radius 3 is 1.86 bits per heavy atom. The number of halogens is 10. The highest BCUT2D eigenvalue weighted by Crippen LogP contribution is 2.56. The topological polar surface area (TPSA) is 26.0 Å². The number of anilines is 1. The van der Waals surface area contributed by atoms with Gasteiger partial charge in [-0.1, -0.05) is 11.6 Å². The summed E-state index contributed by atoms with van der Waals surface area (Å²) in [4.78, 5) is -5.11. The summed E-state index contributed by atoms with van der Waals surface area (Å²) >= 11 is 6.60. The molecule has 0 heterocycles. The Bertz CT molecular complexity index is 525. The fourth-order valence-electron chi connectivity index (χ4n) is 1.51. The van der Waals surface area contributed by atoms with Gasteiger partial charge in [-0.3, -0.25) is 0 Å². The van der Waals surface area contributed by atoms with Gasteiger partial charge in [-0.25, -0.2) is 13.2 Å². The van der Waals surface area contributed by atoms with Gasteiger partial charge in [0.1, 0.15) is 0 Å². The van der Waals surface area contributed by atoms with Gasteiger partial charge in [0, 0.05) is 11.1 Å². The lowest BCUT2D eigenvalue weighted by atomic mass is 9.93. The Kier molecular flexibility index (Phi) is 4.75. The Morgan fingerprint density at radius 2 is 1.52 bits per heavy atom. The monoisotopic (exact) mass is 405 g/mol. The van der Waals surface area contributed by atoms with Crippen LogP contribution in [0.1, 0.15) is 17.6 Å². The van der Waals surface area contributed by atoms with Crippen molar-refractivity contribution in [2.24, 2.45) is 0 Å². The van der Waals surface area contributed by atoms with Crippen LogP contribution < -0.4 is 5.73 Å². The molecular weight excluding hydrogens is 401 g/mol. The van der Waals surface area contributed by atoms with E-state index in [4.69, 9.17) is 17.3 Å². The summed E-state index contributed by atoms with van der Waals surface area (Å²) in [5, 5.41) is -0.897. The first-order chi connectivity index (χ1) is 9.23. The van der Waals surface area contributed by atoms with Crippen molar-refractivity contribution >= 4 is 33.2 Å². The maximum absolute atomic E-state index is 14.0. The summed E-state index contributed by atoms with van der Waals surface area (Å²) < 4.78 is 104. The molecule has 11 heteroatoms. The molecule has 0 saturated heterocycles. The van der Waals surface area contributed by atoms with Gasteiger partial charge in [0.15, 0.2) is 0 Å². The Labute approximate surface area is 126 Å². The lowest BCUT2D eigenvalue weighted by Gasteiger charge is -2.32. The molecule has 0 radical (unpaired) electrons. The fraction of sp³-hybridized carbons (Fsp3) is 0.400. The van der Waals surface area contributed by atoms with Crippen LogP contribution in [0.3, 0.4) is 0 Å². The van der Waals surface area contributed by atoms with Gasteiger partial charge in [-0.05, 0) is 28.1 Å². The first-order valence-corrected chi connectivity index (χ1v) is 6.10. The molecule has 1 aromatic rings. The minimum Gasteiger partial charge on any atom is -0.397 e. The van der Waals surface area contributed by atoms with E-state index in [-0.39, 0.29) is 12.1 Å². The predicted molar refractivity (Wildman–Crippen MR) is 63.5 cm³/mol. The zero-order valence-electron chi connectivity index (χ0n) is 9.59. The number of hydrogen-bond donors (Lipinski definition) is 1. The summed E-state index contributed by atoms with van der Waals surface area (Å²) in [5.41, 5.74) is -4.05. The van der Waals surface area contributed by atoms with Crippen LogP contribution in [0, 0.1) is 0 Å². The average molecular weight is 406 g/mol. The molecule has 1 rings (SSSR count). The molecule has 1 nitrogen and oxygen atoms in total. The lowest BCUT2D eigenvalue weighted by Crippen LogP contribution is -2.49. The largest absolute Gasteiger partial charge is 0.433 e. The van der Waals surface area contributed by atoms with Crippen molar-refractivity contribution in [2.45, 2.75) is 23.1 Å². The third kappa shape index (κ3) is 3.05. The minimum atomic E-state index is -6.10. The molecule has 1 atom stereocenters. The Morgan fingerprint density at radius 1 is 1.05 bits per heavy atom. The van der Waals surface area contributed by atoms with Gasteiger partial charge < -0.3 is 5.73 Å². The zero-order valence-corrected chi connectivity index (χ0v) is 11.9. The smallest absolute Gasteiger partial charge is 0.397 e. The van der Waals surface area contributed by atoms with Crippen molar-refractivity contribution in [1.82, 2.24) is 0 Å². The van der Waals surface area contributed by atoms with Crippen LogP contribution >= 0.6 is 27.5 Å². The van der Waals surface area contributed by atoms with Crippen LogP contribution in [0.25, 0.3) is 0 Å². The molecule has 1 unspecified atom stereocenters. The number of rotatable bonds is 3. The Balaban J connectivity index is 3.70. The number of benzene rings is 1. The summed E-state index contributed by atoms with van der Waals surface area (Å²) in [6.07, 6.45) is -9.53. The number of alkyl halides is 9. The van der Waals surface area contributed by atoms with E-state index in [1.807, 2.05) is 0 Å². The molecule has 120 valence electrons. The summed E-state index contributed by atoms with van der Waals surface area (Å²) in [6, 6.07) is 0.0416. The van der Waals surface area contributed by atoms with Gasteiger partial charge >= 0.3 is 16.7 Å². The molecule has 0 aromatic heterocycles. The van der Waals surface area contributed by atoms with E-state index < -0.39 is 44.9 Å². The highest BCUT2D eigenvalue weighted by atomic mass is 79.9. The second kappa shape index (κ2) is 5.45. The summed E-state index contributed by atoms with van der Waals surface area (Å²) in [6.45, 7) is 0. The molecule has 0 saturated carbocycles. The lowest BCUT2D eigenvalue weighted by molar-refractivity contribution is -0.282. The van der Waals surface area contributed by atoms with Crippen LogP contribution in [0.15, 0.2) is 12.1 Å². The quantitative estimate of drug-likeness (QED) is 0.396. The van der Waals surface area contributed by atoms with E-state index in [1.54, 1.807) is 0 Å². The average Bonchev–Trinajstić information content (AvgIpc) is 2.27. The van der Waals surface area contributed by atoms with Crippen molar-refractivity contribution in [3.8, 4) is 0 Å². The molecule has 1 aromatic carbocycles. The van der Waals surface area contributed by atoms with Gasteiger partial charge in [0.05, 0.1) is 10.7 Å². The third-order valence-corrected chi connectivity index (χ3v) is 3.43. The minimum absolute atomic E-state index is 0.0888. The number of nitrogens with two attached hydrogens (primary N) is 1. The van der Waals surface area contributed by atoms with Crippen LogP contribution in [-0.2, 0) is 5.67 Å². The standard InChI is InChI=1S/C10H5BrClF8N/c11-9(16,17)8(15,10(18,19)20)3-1-4(7(13)14)6(21)5(12)2-3/h1-2,7H,21H2. The van der Waals surface area contributed by atoms with Crippen LogP contribution in [0.4, 0.5) is 40.8 Å². The van der Waals surface area contributed by atoms with E-state index >= 15 is 0 Å². The van der Waals surface area contributed by atoms with Gasteiger partial charge in [0.25, 0.3) is 6.43 Å². The van der Waals surface area contributed by atoms with Crippen LogP contribution in [-0.4, -0.2) is 11.0 Å². The second-order valence-corrected chi connectivity index (χ2v) is 5.32. The first-order valence-electron chi connectivity index (χ1n) is 4.93. The molecule has 0 aliphatic heterocycles. The van der Waals surface area contributed by atoms with Gasteiger partial charge in [0.2, 0.25) is 0 Å². The molecular formula is C10H5BrClF8N. The SMILES string of the molecule is Nc1c(Cl)cc(C(F)(C(F)(F)F)C(F)(F)Br)cc1C(F)F. The predicted octanol–water partition coefficient (Wildman–Crippen LogP) is 5.57. The van der Waals surface area contributed by atoms with Crippen molar-refractivity contribution in [3.63, 3.8) is 0 Å². The van der Waals surface area contributed by atoms with E-state index in [0.29, 0.717) is 0 Å². The maximum atomic E-state index is 14.0. The molecule has 0 spiro atoms. The van der Waals surface area contributed by atoms with E-state index in [1.165, 1.54) is 15.9 Å². The molecule has 0 amide bonds. The van der Waals surface area contributed by atoms with E-state index in [9.17, 15) is 35.1 Å². The van der Waals surface area contributed by atoms with Crippen molar-refractivity contribution in [3.05, 3.63) is 28.3 Å². The van der Waals surface area contributed by atoms with Crippen molar-refractivity contribution in [1.29, 1.82) is 0 Å². The second-order valence-electron chi connectivity index (χ2n) is 3.92. The summed E-state index contributed by atoms with van der Waals surface area (Å²) in [5.74, 6) is 0. The number of nitrogen functional groups attached to an aromatic ring is 1. The molecule has 0 bridgehead atoms. The van der Waals surface area contributed by atoms with Crippen LogP contribution in [0.5, 0.6) is 0 Å². The molecule has 0 aliphatic carbocycles. The normalized spacial score (nSPS) is 16.1. The highest BCUT2D eigenvalue weighted by Gasteiger charge is 2.71. The Hall–Kier alpha value is -0.770. The first kappa shape index (κ1) is 18.3. The van der Waals surface area contributed by atoms with E-state index in [0.717, 1.165) is 0 Å². The van der Waals surface area contributed by atoms with Crippen molar-refractivity contribution < 1.29 is 35.1 Å².